The summed E-state index contributed by atoms with van der Waals surface area (Å²) in [6.07, 6.45) is 1.01. The predicted octanol–water partition coefficient (Wildman–Crippen LogP) is 1.11. The van der Waals surface area contributed by atoms with E-state index in [4.69, 9.17) is 19.9 Å². The fraction of sp³-hybridized carbons (Fsp3) is 0.533. The summed E-state index contributed by atoms with van der Waals surface area (Å²) in [5.74, 6) is 1.61. The molecule has 0 aliphatic heterocycles. The van der Waals surface area contributed by atoms with Crippen LogP contribution in [0.15, 0.2) is 12.1 Å². The maximum absolute atomic E-state index is 11.4. The van der Waals surface area contributed by atoms with Crippen molar-refractivity contribution in [2.75, 3.05) is 33.9 Å². The average molecular weight is 296 g/mol. The molecule has 0 heterocycles. The zero-order chi connectivity index (χ0) is 15.7. The third-order valence-corrected chi connectivity index (χ3v) is 2.90. The first-order chi connectivity index (χ1) is 10.2. The van der Waals surface area contributed by atoms with Gasteiger partial charge in [-0.2, -0.15) is 0 Å². The van der Waals surface area contributed by atoms with E-state index >= 15 is 0 Å². The Bertz CT molecular complexity index is 438. The number of hydrogen-bond acceptors (Lipinski definition) is 5. The van der Waals surface area contributed by atoms with E-state index in [2.05, 4.69) is 5.32 Å². The monoisotopic (exact) mass is 296 g/mol. The number of ether oxygens (including phenoxy) is 3. The minimum atomic E-state index is -0.0461. The van der Waals surface area contributed by atoms with Crippen LogP contribution in [0.2, 0.25) is 0 Å². The fourth-order valence-electron chi connectivity index (χ4n) is 1.92. The first-order valence-corrected chi connectivity index (χ1v) is 7.00. The van der Waals surface area contributed by atoms with E-state index in [9.17, 15) is 4.79 Å². The lowest BCUT2D eigenvalue weighted by atomic mass is 10.1. The molecular formula is C15H24N2O4. The van der Waals surface area contributed by atoms with Crippen LogP contribution in [0.4, 0.5) is 0 Å². The van der Waals surface area contributed by atoms with Crippen molar-refractivity contribution in [1.29, 1.82) is 0 Å². The van der Waals surface area contributed by atoms with Crippen LogP contribution in [0.3, 0.4) is 0 Å². The lowest BCUT2D eigenvalue weighted by molar-refractivity contribution is -0.121. The molecule has 0 saturated carbocycles. The minimum Gasteiger partial charge on any atom is -0.493 e. The number of nitrogens with two attached hydrogens (primary N) is 1. The van der Waals surface area contributed by atoms with Gasteiger partial charge in [-0.3, -0.25) is 4.79 Å². The van der Waals surface area contributed by atoms with Crippen LogP contribution in [0, 0.1) is 0 Å². The second-order valence-corrected chi connectivity index (χ2v) is 4.42. The van der Waals surface area contributed by atoms with Gasteiger partial charge in [0.1, 0.15) is 0 Å². The summed E-state index contributed by atoms with van der Waals surface area (Å²) in [4.78, 5) is 11.4. The predicted molar refractivity (Wildman–Crippen MR) is 81.1 cm³/mol. The van der Waals surface area contributed by atoms with Gasteiger partial charge >= 0.3 is 0 Å². The molecule has 0 aromatic heterocycles. The van der Waals surface area contributed by atoms with Gasteiger partial charge in [0.25, 0.3) is 0 Å². The van der Waals surface area contributed by atoms with E-state index in [1.165, 1.54) is 0 Å². The van der Waals surface area contributed by atoms with E-state index in [1.807, 2.05) is 19.1 Å². The highest BCUT2D eigenvalue weighted by atomic mass is 16.5. The number of methoxy groups -OCH3 is 2. The van der Waals surface area contributed by atoms with Gasteiger partial charge in [-0.15, -0.1) is 0 Å². The molecule has 118 valence electrons. The summed E-state index contributed by atoms with van der Waals surface area (Å²) in [6.45, 7) is 3.29. The van der Waals surface area contributed by atoms with Crippen molar-refractivity contribution in [2.24, 2.45) is 5.73 Å². The highest BCUT2D eigenvalue weighted by molar-refractivity contribution is 5.75. The van der Waals surface area contributed by atoms with Crippen molar-refractivity contribution in [3.05, 3.63) is 17.7 Å². The number of carbonyl (C=O) groups excluding carboxylic acids is 1. The standard InChI is InChI=1S/C15H24N2O4/c1-4-17-14(18)6-8-21-15-12(19-2)9-11(5-7-16)10-13(15)20-3/h9-10H,4-8,16H2,1-3H3,(H,17,18). The van der Waals surface area contributed by atoms with Crippen LogP contribution in [0.25, 0.3) is 0 Å². The van der Waals surface area contributed by atoms with E-state index in [-0.39, 0.29) is 18.9 Å². The van der Waals surface area contributed by atoms with Crippen LogP contribution in [-0.4, -0.2) is 39.8 Å². The van der Waals surface area contributed by atoms with Crippen molar-refractivity contribution in [2.45, 2.75) is 19.8 Å². The summed E-state index contributed by atoms with van der Waals surface area (Å²) < 4.78 is 16.3. The summed E-state index contributed by atoms with van der Waals surface area (Å²) in [7, 11) is 3.13. The molecule has 0 spiro atoms. The number of amides is 1. The molecule has 1 amide bonds. The van der Waals surface area contributed by atoms with Gasteiger partial charge in [0.2, 0.25) is 11.7 Å². The SMILES string of the molecule is CCNC(=O)CCOc1c(OC)cc(CCN)cc1OC. The second kappa shape index (κ2) is 9.07. The van der Waals surface area contributed by atoms with Gasteiger partial charge < -0.3 is 25.3 Å². The summed E-state index contributed by atoms with van der Waals surface area (Å²) in [6, 6.07) is 3.74. The van der Waals surface area contributed by atoms with Crippen molar-refractivity contribution >= 4 is 5.91 Å². The molecule has 0 unspecified atom stereocenters. The van der Waals surface area contributed by atoms with Crippen LogP contribution in [0.5, 0.6) is 17.2 Å². The molecule has 0 aliphatic rings. The number of nitrogens with one attached hydrogen (secondary N) is 1. The smallest absolute Gasteiger partial charge is 0.223 e. The lowest BCUT2D eigenvalue weighted by Gasteiger charge is -2.16. The molecule has 0 atom stereocenters. The molecular weight excluding hydrogens is 272 g/mol. The fourth-order valence-corrected chi connectivity index (χ4v) is 1.92. The lowest BCUT2D eigenvalue weighted by Crippen LogP contribution is -2.24. The first-order valence-electron chi connectivity index (χ1n) is 7.00. The largest absolute Gasteiger partial charge is 0.493 e. The summed E-state index contributed by atoms with van der Waals surface area (Å²) in [5, 5.41) is 2.72. The Hall–Kier alpha value is -1.95. The molecule has 0 radical (unpaired) electrons. The van der Waals surface area contributed by atoms with Gasteiger partial charge in [0, 0.05) is 6.54 Å². The third-order valence-electron chi connectivity index (χ3n) is 2.90. The minimum absolute atomic E-state index is 0.0461. The van der Waals surface area contributed by atoms with E-state index in [0.29, 0.717) is 30.3 Å². The first kappa shape index (κ1) is 17.1. The highest BCUT2D eigenvalue weighted by Crippen LogP contribution is 2.38. The molecule has 21 heavy (non-hydrogen) atoms. The Balaban J connectivity index is 2.81. The van der Waals surface area contributed by atoms with Gasteiger partial charge in [0.15, 0.2) is 11.5 Å². The maximum Gasteiger partial charge on any atom is 0.223 e. The van der Waals surface area contributed by atoms with E-state index < -0.39 is 0 Å². The second-order valence-electron chi connectivity index (χ2n) is 4.42. The van der Waals surface area contributed by atoms with Gasteiger partial charge in [-0.05, 0) is 37.6 Å². The number of carbonyl (C=O) groups is 1. The van der Waals surface area contributed by atoms with Gasteiger partial charge in [0.05, 0.1) is 27.2 Å². The molecule has 1 aromatic rings. The Morgan fingerprint density at radius 2 is 1.86 bits per heavy atom. The number of hydrogen-bond donors (Lipinski definition) is 2. The molecule has 6 heteroatoms. The molecule has 6 nitrogen and oxygen atoms in total. The van der Waals surface area contributed by atoms with Crippen molar-refractivity contribution < 1.29 is 19.0 Å². The van der Waals surface area contributed by atoms with Crippen molar-refractivity contribution in [3.63, 3.8) is 0 Å². The quantitative estimate of drug-likeness (QED) is 0.713. The van der Waals surface area contributed by atoms with Gasteiger partial charge in [-0.25, -0.2) is 0 Å². The van der Waals surface area contributed by atoms with Crippen LogP contribution >= 0.6 is 0 Å². The molecule has 3 N–H and O–H groups in total. The number of rotatable bonds is 9. The van der Waals surface area contributed by atoms with Crippen molar-refractivity contribution in [1.82, 2.24) is 5.32 Å². The number of benzene rings is 1. The average Bonchev–Trinajstić information content (AvgIpc) is 2.48. The van der Waals surface area contributed by atoms with Crippen LogP contribution < -0.4 is 25.3 Å². The van der Waals surface area contributed by atoms with E-state index in [1.54, 1.807) is 14.2 Å². The highest BCUT2D eigenvalue weighted by Gasteiger charge is 2.14. The van der Waals surface area contributed by atoms with Crippen LogP contribution in [0.1, 0.15) is 18.9 Å². The Kier molecular flexibility index (Phi) is 7.39. The molecule has 0 fully saturated rings. The van der Waals surface area contributed by atoms with E-state index in [0.717, 1.165) is 12.0 Å². The van der Waals surface area contributed by atoms with Gasteiger partial charge in [-0.1, -0.05) is 0 Å². The molecule has 0 bridgehead atoms. The van der Waals surface area contributed by atoms with Crippen LogP contribution in [-0.2, 0) is 11.2 Å². The zero-order valence-electron chi connectivity index (χ0n) is 12.9. The molecule has 0 saturated heterocycles. The Labute approximate surface area is 125 Å². The molecule has 1 aromatic carbocycles. The Morgan fingerprint density at radius 3 is 2.33 bits per heavy atom. The molecule has 0 aliphatic carbocycles. The maximum atomic E-state index is 11.4. The van der Waals surface area contributed by atoms with Crippen molar-refractivity contribution in [3.8, 4) is 17.2 Å². The summed E-state index contributed by atoms with van der Waals surface area (Å²) >= 11 is 0. The summed E-state index contributed by atoms with van der Waals surface area (Å²) in [5.41, 5.74) is 6.58. The Morgan fingerprint density at radius 1 is 1.24 bits per heavy atom. The normalized spacial score (nSPS) is 10.1. The third kappa shape index (κ3) is 5.15. The molecule has 1 rings (SSSR count). The topological polar surface area (TPSA) is 82.8 Å². The zero-order valence-corrected chi connectivity index (χ0v) is 12.9.